The van der Waals surface area contributed by atoms with Crippen LogP contribution in [-0.4, -0.2) is 15.9 Å². The molecule has 0 saturated carbocycles. The van der Waals surface area contributed by atoms with E-state index < -0.39 is 4.92 Å². The molecule has 3 rings (SSSR count). The second-order valence-electron chi connectivity index (χ2n) is 5.95. The molecule has 1 aromatic heterocycles. The summed E-state index contributed by atoms with van der Waals surface area (Å²) in [6.07, 6.45) is 6.80. The fraction of sp³-hybridized carbons (Fsp3) is 0.238. The van der Waals surface area contributed by atoms with Gasteiger partial charge in [-0.05, 0) is 42.2 Å². The number of non-ortho nitro benzene ring substituents is 1. The van der Waals surface area contributed by atoms with E-state index in [0.717, 1.165) is 23.1 Å². The summed E-state index contributed by atoms with van der Waals surface area (Å²) >= 11 is 0. The summed E-state index contributed by atoms with van der Waals surface area (Å²) < 4.78 is 0. The second kappa shape index (κ2) is 8.97. The normalized spacial score (nSPS) is 12.0. The van der Waals surface area contributed by atoms with Crippen LogP contribution >= 0.6 is 0 Å². The summed E-state index contributed by atoms with van der Waals surface area (Å²) in [5.74, 6) is 0. The van der Waals surface area contributed by atoms with Gasteiger partial charge in [0.1, 0.15) is 0 Å². The summed E-state index contributed by atoms with van der Waals surface area (Å²) in [5, 5.41) is 11.9. The van der Waals surface area contributed by atoms with Gasteiger partial charge in [-0.1, -0.05) is 44.2 Å². The maximum atomic E-state index is 10.7. The number of aromatic nitrogens is 1. The third kappa shape index (κ3) is 4.58. The van der Waals surface area contributed by atoms with Crippen molar-refractivity contribution in [1.82, 2.24) is 4.98 Å². The molecule has 5 heteroatoms. The molecule has 136 valence electrons. The number of rotatable bonds is 5. The smallest absolute Gasteiger partial charge is 0.269 e. The highest BCUT2D eigenvalue weighted by Crippen LogP contribution is 2.24. The number of benzene rings is 2. The number of fused-ring (bicyclic) bond motifs is 1. The molecule has 0 fully saturated rings. The highest BCUT2D eigenvalue weighted by atomic mass is 16.6. The number of nitro groups is 1. The van der Waals surface area contributed by atoms with Gasteiger partial charge < -0.3 is 10.7 Å². The molecule has 1 unspecified atom stereocenters. The van der Waals surface area contributed by atoms with Crippen LogP contribution < -0.4 is 5.73 Å². The zero-order chi connectivity index (χ0) is 19.1. The third-order valence-electron chi connectivity index (χ3n) is 3.93. The van der Waals surface area contributed by atoms with E-state index in [1.54, 1.807) is 12.1 Å². The maximum absolute atomic E-state index is 10.7. The van der Waals surface area contributed by atoms with Gasteiger partial charge in [0, 0.05) is 29.8 Å². The van der Waals surface area contributed by atoms with Gasteiger partial charge >= 0.3 is 0 Å². The van der Waals surface area contributed by atoms with Crippen LogP contribution in [0, 0.1) is 10.1 Å². The van der Waals surface area contributed by atoms with Crippen LogP contribution in [0.15, 0.2) is 48.7 Å². The molecule has 0 aliphatic rings. The fourth-order valence-electron chi connectivity index (χ4n) is 2.78. The van der Waals surface area contributed by atoms with E-state index in [1.165, 1.54) is 23.1 Å². The van der Waals surface area contributed by atoms with E-state index in [-0.39, 0.29) is 11.7 Å². The highest BCUT2D eigenvalue weighted by molar-refractivity contribution is 5.92. The predicted octanol–water partition coefficient (Wildman–Crippen LogP) is 5.16. The third-order valence-corrected chi connectivity index (χ3v) is 3.93. The molecule has 0 saturated heterocycles. The fourth-order valence-corrected chi connectivity index (χ4v) is 2.78. The van der Waals surface area contributed by atoms with E-state index in [9.17, 15) is 10.1 Å². The van der Waals surface area contributed by atoms with Crippen molar-refractivity contribution in [2.45, 2.75) is 33.2 Å². The number of hydrogen-bond donors (Lipinski definition) is 2. The topological polar surface area (TPSA) is 85.0 Å². The van der Waals surface area contributed by atoms with E-state index >= 15 is 0 Å². The molecule has 0 aliphatic heterocycles. The van der Waals surface area contributed by atoms with E-state index in [1.807, 2.05) is 51.3 Å². The molecule has 2 aromatic carbocycles. The number of nitrogens with zero attached hydrogens (tertiary/aromatic N) is 1. The van der Waals surface area contributed by atoms with E-state index in [4.69, 9.17) is 5.73 Å². The summed E-state index contributed by atoms with van der Waals surface area (Å²) in [4.78, 5) is 13.6. The molecule has 0 bridgehead atoms. The number of nitrogens with two attached hydrogens (primary N) is 1. The first-order chi connectivity index (χ1) is 12.5. The molecule has 5 nitrogen and oxygen atoms in total. The van der Waals surface area contributed by atoms with Crippen LogP contribution in [0.25, 0.3) is 23.1 Å². The second-order valence-corrected chi connectivity index (χ2v) is 5.95. The van der Waals surface area contributed by atoms with Gasteiger partial charge in [0.2, 0.25) is 0 Å². The molecule has 1 atom stereocenters. The Labute approximate surface area is 153 Å². The largest absolute Gasteiger partial charge is 0.360 e. The lowest BCUT2D eigenvalue weighted by atomic mass is 10.0. The standard InChI is InChI=1S/C19H19N3O2.C2H6/c1-13(20)11-16-12-21-19-15(3-2-4-18(16)19)8-5-14-6-9-17(10-7-14)22(23)24;1-2/h2-10,12-13,21H,11,20H2,1H3;1-2H3/b8-5+;. The summed E-state index contributed by atoms with van der Waals surface area (Å²) in [5.41, 5.74) is 10.3. The lowest BCUT2D eigenvalue weighted by Crippen LogP contribution is -2.17. The SMILES string of the molecule is CC.CC(N)Cc1c[nH]c2c(/C=C/c3ccc([N+](=O)[O-])cc3)cccc12. The monoisotopic (exact) mass is 351 g/mol. The quantitative estimate of drug-likeness (QED) is 0.378. The summed E-state index contributed by atoms with van der Waals surface area (Å²) in [7, 11) is 0. The first-order valence-electron chi connectivity index (χ1n) is 8.81. The molecule has 3 N–H and O–H groups in total. The van der Waals surface area contributed by atoms with Crippen LogP contribution in [-0.2, 0) is 6.42 Å². The molecule has 3 aromatic rings. The maximum Gasteiger partial charge on any atom is 0.269 e. The van der Waals surface area contributed by atoms with Crippen molar-refractivity contribution >= 4 is 28.7 Å². The van der Waals surface area contributed by atoms with E-state index in [2.05, 4.69) is 11.1 Å². The Kier molecular flexibility index (Phi) is 6.69. The zero-order valence-corrected chi connectivity index (χ0v) is 15.4. The number of nitro benzene ring substituents is 1. The van der Waals surface area contributed by atoms with Crippen LogP contribution in [0.3, 0.4) is 0 Å². The van der Waals surface area contributed by atoms with Gasteiger partial charge in [0.25, 0.3) is 5.69 Å². The Morgan fingerprint density at radius 2 is 1.85 bits per heavy atom. The minimum atomic E-state index is -0.396. The molecule has 1 heterocycles. The van der Waals surface area contributed by atoms with Crippen LogP contribution in [0.1, 0.15) is 37.5 Å². The van der Waals surface area contributed by atoms with E-state index in [0.29, 0.717) is 0 Å². The Morgan fingerprint density at radius 1 is 1.15 bits per heavy atom. The highest BCUT2D eigenvalue weighted by Gasteiger charge is 2.08. The first kappa shape index (κ1) is 19.4. The Morgan fingerprint density at radius 3 is 2.46 bits per heavy atom. The van der Waals surface area contributed by atoms with Gasteiger partial charge in [0.05, 0.1) is 10.4 Å². The van der Waals surface area contributed by atoms with Gasteiger partial charge in [-0.3, -0.25) is 10.1 Å². The number of hydrogen-bond acceptors (Lipinski definition) is 3. The number of nitrogens with one attached hydrogen (secondary N) is 1. The lowest BCUT2D eigenvalue weighted by molar-refractivity contribution is -0.384. The summed E-state index contributed by atoms with van der Waals surface area (Å²) in [6.45, 7) is 6.00. The van der Waals surface area contributed by atoms with Crippen molar-refractivity contribution in [3.8, 4) is 0 Å². The number of aromatic amines is 1. The van der Waals surface area contributed by atoms with Crippen LogP contribution in [0.5, 0.6) is 0 Å². The first-order valence-corrected chi connectivity index (χ1v) is 8.81. The molecular weight excluding hydrogens is 326 g/mol. The van der Waals surface area contributed by atoms with Crippen molar-refractivity contribution in [1.29, 1.82) is 0 Å². The minimum absolute atomic E-state index is 0.0964. The average molecular weight is 351 g/mol. The van der Waals surface area contributed by atoms with Gasteiger partial charge in [-0.15, -0.1) is 0 Å². The van der Waals surface area contributed by atoms with Gasteiger partial charge in [0.15, 0.2) is 0 Å². The molecular formula is C21H25N3O2. The van der Waals surface area contributed by atoms with Crippen molar-refractivity contribution < 1.29 is 4.92 Å². The van der Waals surface area contributed by atoms with Crippen molar-refractivity contribution in [3.63, 3.8) is 0 Å². The molecule has 0 radical (unpaired) electrons. The molecule has 0 aliphatic carbocycles. The number of H-pyrrole nitrogens is 1. The Bertz CT molecular complexity index is 893. The molecule has 0 amide bonds. The van der Waals surface area contributed by atoms with Gasteiger partial charge in [-0.25, -0.2) is 0 Å². The van der Waals surface area contributed by atoms with Crippen molar-refractivity contribution in [3.05, 3.63) is 75.5 Å². The number of para-hydroxylation sites is 1. The van der Waals surface area contributed by atoms with Gasteiger partial charge in [-0.2, -0.15) is 0 Å². The van der Waals surface area contributed by atoms with Crippen LogP contribution in [0.2, 0.25) is 0 Å². The molecule has 26 heavy (non-hydrogen) atoms. The zero-order valence-electron chi connectivity index (χ0n) is 15.4. The van der Waals surface area contributed by atoms with Crippen LogP contribution in [0.4, 0.5) is 5.69 Å². The Hall–Kier alpha value is -2.92. The van der Waals surface area contributed by atoms with Crippen molar-refractivity contribution in [2.24, 2.45) is 5.73 Å². The minimum Gasteiger partial charge on any atom is -0.360 e. The molecule has 0 spiro atoms. The predicted molar refractivity (Wildman–Crippen MR) is 109 cm³/mol. The Balaban J connectivity index is 0.00000117. The average Bonchev–Trinajstić information content (AvgIpc) is 3.05. The lowest BCUT2D eigenvalue weighted by Gasteiger charge is -2.03. The summed E-state index contributed by atoms with van der Waals surface area (Å²) in [6, 6.07) is 12.8. The van der Waals surface area contributed by atoms with Crippen molar-refractivity contribution in [2.75, 3.05) is 0 Å².